The van der Waals surface area contributed by atoms with Gasteiger partial charge in [0.05, 0.1) is 0 Å². The quantitative estimate of drug-likeness (QED) is 0.858. The normalized spacial score (nSPS) is 18.9. The fourth-order valence-corrected chi connectivity index (χ4v) is 2.92. The van der Waals surface area contributed by atoms with E-state index in [1.165, 1.54) is 23.2 Å². The zero-order chi connectivity index (χ0) is 12.4. The first-order valence-electron chi connectivity index (χ1n) is 6.68. The van der Waals surface area contributed by atoms with Crippen LogP contribution in [0.1, 0.15) is 31.9 Å². The lowest BCUT2D eigenvalue weighted by Crippen LogP contribution is -2.35. The number of benzene rings is 1. The van der Waals surface area contributed by atoms with Crippen LogP contribution in [0.15, 0.2) is 18.2 Å². The maximum atomic E-state index is 3.21. The van der Waals surface area contributed by atoms with Crippen LogP contribution in [-0.4, -0.2) is 25.7 Å². The molecule has 0 bridgehead atoms. The van der Waals surface area contributed by atoms with Crippen molar-refractivity contribution in [3.05, 3.63) is 29.3 Å². The summed E-state index contributed by atoms with van der Waals surface area (Å²) in [7, 11) is 2.01. The number of anilines is 1. The van der Waals surface area contributed by atoms with Crippen molar-refractivity contribution in [1.82, 2.24) is 5.32 Å². The molecule has 1 N–H and O–H groups in total. The molecule has 1 aliphatic heterocycles. The van der Waals surface area contributed by atoms with Gasteiger partial charge in [0, 0.05) is 17.8 Å². The molecule has 0 saturated carbocycles. The Morgan fingerprint density at radius 3 is 2.82 bits per heavy atom. The second-order valence-corrected chi connectivity index (χ2v) is 5.37. The van der Waals surface area contributed by atoms with Crippen LogP contribution in [0.3, 0.4) is 0 Å². The van der Waals surface area contributed by atoms with Gasteiger partial charge in [-0.1, -0.05) is 12.1 Å². The van der Waals surface area contributed by atoms with Gasteiger partial charge in [-0.05, 0) is 64.4 Å². The highest BCUT2D eigenvalue weighted by atomic mass is 15.2. The summed E-state index contributed by atoms with van der Waals surface area (Å²) in [5.41, 5.74) is 4.43. The Hall–Kier alpha value is -1.02. The Morgan fingerprint density at radius 1 is 1.41 bits per heavy atom. The van der Waals surface area contributed by atoms with E-state index in [0.717, 1.165) is 13.0 Å². The van der Waals surface area contributed by atoms with Gasteiger partial charge in [-0.25, -0.2) is 0 Å². The summed E-state index contributed by atoms with van der Waals surface area (Å²) in [5, 5.41) is 3.21. The molecule has 1 atom stereocenters. The number of fused-ring (bicyclic) bond motifs is 1. The number of nitrogens with zero attached hydrogens (tertiary/aromatic N) is 1. The minimum absolute atomic E-state index is 0.592. The molecule has 2 heteroatoms. The van der Waals surface area contributed by atoms with Crippen LogP contribution in [-0.2, 0) is 12.8 Å². The highest BCUT2D eigenvalue weighted by Gasteiger charge is 2.27. The summed E-state index contributed by atoms with van der Waals surface area (Å²) >= 11 is 0. The molecule has 0 aromatic heterocycles. The van der Waals surface area contributed by atoms with Crippen LogP contribution in [0.5, 0.6) is 0 Å². The average Bonchev–Trinajstić information content (AvgIpc) is 2.61. The molecule has 0 fully saturated rings. The highest BCUT2D eigenvalue weighted by molar-refractivity contribution is 5.61. The monoisotopic (exact) mass is 232 g/mol. The molecule has 1 aliphatic rings. The minimum atomic E-state index is 0.592. The Labute approximate surface area is 105 Å². The summed E-state index contributed by atoms with van der Waals surface area (Å²) in [6.07, 6.45) is 2.32. The van der Waals surface area contributed by atoms with Gasteiger partial charge in [-0.15, -0.1) is 0 Å². The second kappa shape index (κ2) is 5.09. The van der Waals surface area contributed by atoms with Crippen LogP contribution in [0.25, 0.3) is 0 Å². The summed E-state index contributed by atoms with van der Waals surface area (Å²) in [5.74, 6) is 0. The first kappa shape index (κ1) is 12.4. The van der Waals surface area contributed by atoms with E-state index in [1.54, 1.807) is 0 Å². The summed E-state index contributed by atoms with van der Waals surface area (Å²) in [4.78, 5) is 2.54. The number of nitrogens with one attached hydrogen (secondary N) is 1. The molecule has 1 heterocycles. The van der Waals surface area contributed by atoms with E-state index in [0.29, 0.717) is 12.1 Å². The summed E-state index contributed by atoms with van der Waals surface area (Å²) < 4.78 is 0. The maximum absolute atomic E-state index is 3.21. The first-order chi connectivity index (χ1) is 8.13. The van der Waals surface area contributed by atoms with Gasteiger partial charge in [-0.3, -0.25) is 0 Å². The predicted molar refractivity (Wildman–Crippen MR) is 74.9 cm³/mol. The molecule has 94 valence electrons. The van der Waals surface area contributed by atoms with Crippen molar-refractivity contribution < 1.29 is 0 Å². The van der Waals surface area contributed by atoms with Gasteiger partial charge >= 0.3 is 0 Å². The van der Waals surface area contributed by atoms with Crippen molar-refractivity contribution in [3.8, 4) is 0 Å². The van der Waals surface area contributed by atoms with Crippen LogP contribution < -0.4 is 10.2 Å². The molecule has 2 nitrogen and oxygen atoms in total. The Bertz CT molecular complexity index is 385. The van der Waals surface area contributed by atoms with E-state index in [9.17, 15) is 0 Å². The molecule has 0 radical (unpaired) electrons. The van der Waals surface area contributed by atoms with E-state index in [1.807, 2.05) is 7.05 Å². The van der Waals surface area contributed by atoms with E-state index in [2.05, 4.69) is 49.2 Å². The number of hydrogen-bond donors (Lipinski definition) is 1. The Morgan fingerprint density at radius 2 is 2.18 bits per heavy atom. The lowest BCUT2D eigenvalue weighted by molar-refractivity contribution is 0.606. The Kier molecular flexibility index (Phi) is 3.72. The van der Waals surface area contributed by atoms with Crippen LogP contribution in [0.2, 0.25) is 0 Å². The molecular formula is C15H24N2. The van der Waals surface area contributed by atoms with Crippen molar-refractivity contribution in [1.29, 1.82) is 0 Å². The molecule has 0 spiro atoms. The number of rotatable bonds is 4. The van der Waals surface area contributed by atoms with E-state index >= 15 is 0 Å². The second-order valence-electron chi connectivity index (χ2n) is 5.37. The van der Waals surface area contributed by atoms with Crippen molar-refractivity contribution >= 4 is 5.69 Å². The molecule has 2 rings (SSSR count). The summed E-state index contributed by atoms with van der Waals surface area (Å²) in [6, 6.07) is 8.22. The third-order valence-electron chi connectivity index (χ3n) is 3.63. The van der Waals surface area contributed by atoms with E-state index in [4.69, 9.17) is 0 Å². The van der Waals surface area contributed by atoms with Crippen LogP contribution in [0, 0.1) is 0 Å². The maximum Gasteiger partial charge on any atom is 0.0404 e. The van der Waals surface area contributed by atoms with Gasteiger partial charge in [0.15, 0.2) is 0 Å². The summed E-state index contributed by atoms with van der Waals surface area (Å²) in [6.45, 7) is 7.94. The third kappa shape index (κ3) is 2.47. The van der Waals surface area contributed by atoms with Crippen molar-refractivity contribution in [2.24, 2.45) is 0 Å². The standard InChI is InChI=1S/C15H24N2/c1-11(2)17-12(3)9-14-10-13(7-8-16-4)5-6-15(14)17/h5-6,10-12,16H,7-9H2,1-4H3. The predicted octanol–water partition coefficient (Wildman–Crippen LogP) is 2.61. The van der Waals surface area contributed by atoms with Gasteiger partial charge < -0.3 is 10.2 Å². The van der Waals surface area contributed by atoms with Crippen molar-refractivity contribution in [2.45, 2.75) is 45.7 Å². The highest BCUT2D eigenvalue weighted by Crippen LogP contribution is 2.34. The fourth-order valence-electron chi connectivity index (χ4n) is 2.92. The number of likely N-dealkylation sites (N-methyl/N-ethyl adjacent to an activating group) is 1. The lowest BCUT2D eigenvalue weighted by atomic mass is 10.0. The first-order valence-corrected chi connectivity index (χ1v) is 6.68. The van der Waals surface area contributed by atoms with Gasteiger partial charge in [0.1, 0.15) is 0 Å². The van der Waals surface area contributed by atoms with E-state index < -0.39 is 0 Å². The molecule has 1 aromatic carbocycles. The fraction of sp³-hybridized carbons (Fsp3) is 0.600. The average molecular weight is 232 g/mol. The molecule has 17 heavy (non-hydrogen) atoms. The molecular weight excluding hydrogens is 208 g/mol. The van der Waals surface area contributed by atoms with Crippen LogP contribution >= 0.6 is 0 Å². The minimum Gasteiger partial charge on any atom is -0.366 e. The smallest absolute Gasteiger partial charge is 0.0404 e. The van der Waals surface area contributed by atoms with E-state index in [-0.39, 0.29) is 0 Å². The van der Waals surface area contributed by atoms with Gasteiger partial charge in [-0.2, -0.15) is 0 Å². The molecule has 0 aliphatic carbocycles. The Balaban J connectivity index is 2.22. The van der Waals surface area contributed by atoms with Gasteiger partial charge in [0.25, 0.3) is 0 Å². The molecule has 0 saturated heterocycles. The molecule has 0 amide bonds. The topological polar surface area (TPSA) is 15.3 Å². The SMILES string of the molecule is CNCCc1ccc2c(c1)CC(C)N2C(C)C. The number of hydrogen-bond acceptors (Lipinski definition) is 2. The van der Waals surface area contributed by atoms with Gasteiger partial charge in [0.2, 0.25) is 0 Å². The lowest BCUT2D eigenvalue weighted by Gasteiger charge is -2.29. The zero-order valence-electron chi connectivity index (χ0n) is 11.5. The molecule has 1 aromatic rings. The molecule has 1 unspecified atom stereocenters. The zero-order valence-corrected chi connectivity index (χ0v) is 11.5. The third-order valence-corrected chi connectivity index (χ3v) is 3.63. The van der Waals surface area contributed by atoms with Crippen molar-refractivity contribution in [3.63, 3.8) is 0 Å². The van der Waals surface area contributed by atoms with Crippen LogP contribution in [0.4, 0.5) is 5.69 Å². The van der Waals surface area contributed by atoms with Crippen molar-refractivity contribution in [2.75, 3.05) is 18.5 Å². The largest absolute Gasteiger partial charge is 0.366 e.